The van der Waals surface area contributed by atoms with Gasteiger partial charge in [0.15, 0.2) is 0 Å². The maximum absolute atomic E-state index is 11.3. The number of carbonyl (C=O) groups excluding carboxylic acids is 1. The Morgan fingerprint density at radius 3 is 2.36 bits per heavy atom. The third-order valence-electron chi connectivity index (χ3n) is 1.67. The van der Waals surface area contributed by atoms with Gasteiger partial charge in [-0.25, -0.2) is 0 Å². The number of likely N-dealkylation sites (N-methyl/N-ethyl adjacent to an activating group) is 1. The summed E-state index contributed by atoms with van der Waals surface area (Å²) >= 11 is 0. The molecule has 0 aromatic rings. The first-order valence-electron chi connectivity index (χ1n) is 4.55. The quantitative estimate of drug-likeness (QED) is 0.678. The molecule has 0 saturated heterocycles. The summed E-state index contributed by atoms with van der Waals surface area (Å²) in [6, 6.07) is 0. The largest absolute Gasteiger partial charge is 0.481 e. The molecule has 0 radical (unpaired) electrons. The van der Waals surface area contributed by atoms with Crippen LogP contribution < -0.4 is 0 Å². The Bertz CT molecular complexity index is 242. The summed E-state index contributed by atoms with van der Waals surface area (Å²) < 4.78 is 0. The van der Waals surface area contributed by atoms with Crippen molar-refractivity contribution >= 4 is 11.9 Å². The van der Waals surface area contributed by atoms with Gasteiger partial charge in [0, 0.05) is 26.1 Å². The first-order valence-corrected chi connectivity index (χ1v) is 4.55. The van der Waals surface area contributed by atoms with Crippen molar-refractivity contribution in [3.63, 3.8) is 0 Å². The number of allylic oxidation sites excluding steroid dienone is 1. The Balaban J connectivity index is 3.85. The van der Waals surface area contributed by atoms with E-state index in [2.05, 4.69) is 0 Å². The molecule has 0 rings (SSSR count). The molecule has 0 aromatic heterocycles. The fraction of sp³-hybridized carbons (Fsp3) is 0.600. The second-order valence-electron chi connectivity index (χ2n) is 3.48. The highest BCUT2D eigenvalue weighted by atomic mass is 16.4. The first-order chi connectivity index (χ1) is 6.43. The van der Waals surface area contributed by atoms with Gasteiger partial charge in [-0.2, -0.15) is 0 Å². The van der Waals surface area contributed by atoms with Crippen LogP contribution >= 0.6 is 0 Å². The van der Waals surface area contributed by atoms with Crippen LogP contribution in [0.3, 0.4) is 0 Å². The summed E-state index contributed by atoms with van der Waals surface area (Å²) in [7, 11) is 1.67. The molecule has 0 fully saturated rings. The fourth-order valence-corrected chi connectivity index (χ4v) is 0.935. The Morgan fingerprint density at radius 2 is 1.93 bits per heavy atom. The molecule has 4 heteroatoms. The average Bonchev–Trinajstić information content (AvgIpc) is 2.01. The molecular weight excluding hydrogens is 182 g/mol. The third-order valence-corrected chi connectivity index (χ3v) is 1.67. The van der Waals surface area contributed by atoms with Crippen LogP contribution in [-0.2, 0) is 9.59 Å². The minimum atomic E-state index is -0.826. The maximum atomic E-state index is 11.3. The van der Waals surface area contributed by atoms with Crippen molar-refractivity contribution in [2.45, 2.75) is 26.7 Å². The first kappa shape index (κ1) is 12.7. The highest BCUT2D eigenvalue weighted by Gasteiger charge is 2.05. The van der Waals surface area contributed by atoms with Crippen molar-refractivity contribution in [2.24, 2.45) is 0 Å². The van der Waals surface area contributed by atoms with E-state index in [0.717, 1.165) is 5.57 Å². The summed E-state index contributed by atoms with van der Waals surface area (Å²) in [6.07, 6.45) is 2.14. The van der Waals surface area contributed by atoms with E-state index in [1.54, 1.807) is 13.1 Å². The molecule has 0 aliphatic heterocycles. The molecule has 1 amide bonds. The van der Waals surface area contributed by atoms with Crippen LogP contribution in [-0.4, -0.2) is 35.5 Å². The van der Waals surface area contributed by atoms with Gasteiger partial charge in [0.1, 0.15) is 0 Å². The van der Waals surface area contributed by atoms with Gasteiger partial charge in [0.05, 0.1) is 0 Å². The topological polar surface area (TPSA) is 57.6 Å². The zero-order valence-corrected chi connectivity index (χ0v) is 8.91. The molecule has 0 aromatic carbocycles. The second-order valence-corrected chi connectivity index (χ2v) is 3.48. The van der Waals surface area contributed by atoms with Crippen LogP contribution in [0.5, 0.6) is 0 Å². The van der Waals surface area contributed by atoms with E-state index in [1.165, 1.54) is 4.90 Å². The number of rotatable bonds is 5. The SMILES string of the molecule is CC(C)=CC(=O)N(C)CCCC(=O)O. The van der Waals surface area contributed by atoms with Gasteiger partial charge in [0.25, 0.3) is 0 Å². The number of hydrogen-bond acceptors (Lipinski definition) is 2. The lowest BCUT2D eigenvalue weighted by atomic mass is 10.2. The summed E-state index contributed by atoms with van der Waals surface area (Å²) in [5, 5.41) is 8.40. The van der Waals surface area contributed by atoms with Gasteiger partial charge in [-0.3, -0.25) is 9.59 Å². The molecule has 4 nitrogen and oxygen atoms in total. The third kappa shape index (κ3) is 6.22. The number of carbonyl (C=O) groups is 2. The highest BCUT2D eigenvalue weighted by Crippen LogP contribution is 1.97. The van der Waals surface area contributed by atoms with Gasteiger partial charge in [0.2, 0.25) is 5.91 Å². The molecule has 0 saturated carbocycles. The minimum absolute atomic E-state index is 0.0737. The van der Waals surface area contributed by atoms with Crippen molar-refractivity contribution in [2.75, 3.05) is 13.6 Å². The molecule has 0 atom stereocenters. The Labute approximate surface area is 84.2 Å². The monoisotopic (exact) mass is 199 g/mol. The lowest BCUT2D eigenvalue weighted by molar-refractivity contribution is -0.137. The number of aliphatic carboxylic acids is 1. The Morgan fingerprint density at radius 1 is 1.36 bits per heavy atom. The second kappa shape index (κ2) is 6.18. The standard InChI is InChI=1S/C10H17NO3/c1-8(2)7-9(12)11(3)6-4-5-10(13)14/h7H,4-6H2,1-3H3,(H,13,14). The van der Waals surface area contributed by atoms with Crippen LogP contribution in [0.1, 0.15) is 26.7 Å². The van der Waals surface area contributed by atoms with Gasteiger partial charge in [-0.05, 0) is 20.3 Å². The molecular formula is C10H17NO3. The summed E-state index contributed by atoms with van der Waals surface area (Å²) in [5.41, 5.74) is 0.945. The Kier molecular flexibility index (Phi) is 5.60. The van der Waals surface area contributed by atoms with E-state index < -0.39 is 5.97 Å². The number of nitrogens with zero attached hydrogens (tertiary/aromatic N) is 1. The minimum Gasteiger partial charge on any atom is -0.481 e. The van der Waals surface area contributed by atoms with Crippen molar-refractivity contribution in [1.29, 1.82) is 0 Å². The van der Waals surface area contributed by atoms with E-state index in [0.29, 0.717) is 13.0 Å². The van der Waals surface area contributed by atoms with E-state index >= 15 is 0 Å². The summed E-state index contributed by atoms with van der Waals surface area (Å²) in [6.45, 7) is 4.18. The number of hydrogen-bond donors (Lipinski definition) is 1. The molecule has 0 aliphatic rings. The predicted molar refractivity (Wildman–Crippen MR) is 53.9 cm³/mol. The number of carboxylic acid groups (broad SMARTS) is 1. The fourth-order valence-electron chi connectivity index (χ4n) is 0.935. The number of amides is 1. The van der Waals surface area contributed by atoms with E-state index in [4.69, 9.17) is 5.11 Å². The summed E-state index contributed by atoms with van der Waals surface area (Å²) in [5.74, 6) is -0.900. The number of carboxylic acids is 1. The summed E-state index contributed by atoms with van der Waals surface area (Å²) in [4.78, 5) is 23.1. The van der Waals surface area contributed by atoms with E-state index in [9.17, 15) is 9.59 Å². The molecule has 80 valence electrons. The van der Waals surface area contributed by atoms with Gasteiger partial charge < -0.3 is 10.0 Å². The Hall–Kier alpha value is -1.32. The van der Waals surface area contributed by atoms with Gasteiger partial charge in [-0.1, -0.05) is 5.57 Å². The van der Waals surface area contributed by atoms with E-state index in [-0.39, 0.29) is 12.3 Å². The smallest absolute Gasteiger partial charge is 0.303 e. The molecule has 14 heavy (non-hydrogen) atoms. The van der Waals surface area contributed by atoms with Crippen LogP contribution in [0, 0.1) is 0 Å². The molecule has 1 N–H and O–H groups in total. The maximum Gasteiger partial charge on any atom is 0.303 e. The molecule has 0 aliphatic carbocycles. The van der Waals surface area contributed by atoms with E-state index in [1.807, 2.05) is 13.8 Å². The molecule has 0 spiro atoms. The zero-order valence-electron chi connectivity index (χ0n) is 8.91. The van der Waals surface area contributed by atoms with Crippen molar-refractivity contribution in [1.82, 2.24) is 4.90 Å². The van der Waals surface area contributed by atoms with Crippen LogP contribution in [0.25, 0.3) is 0 Å². The normalized spacial score (nSPS) is 9.36. The van der Waals surface area contributed by atoms with Crippen LogP contribution in [0.2, 0.25) is 0 Å². The van der Waals surface area contributed by atoms with Gasteiger partial charge in [-0.15, -0.1) is 0 Å². The zero-order chi connectivity index (χ0) is 11.1. The molecule has 0 heterocycles. The average molecular weight is 199 g/mol. The van der Waals surface area contributed by atoms with Crippen molar-refractivity contribution < 1.29 is 14.7 Å². The molecule has 0 unspecified atom stereocenters. The molecule has 0 bridgehead atoms. The van der Waals surface area contributed by atoms with Crippen molar-refractivity contribution in [3.05, 3.63) is 11.6 Å². The lowest BCUT2D eigenvalue weighted by Gasteiger charge is -2.14. The highest BCUT2D eigenvalue weighted by molar-refractivity contribution is 5.87. The van der Waals surface area contributed by atoms with Crippen LogP contribution in [0.15, 0.2) is 11.6 Å². The lowest BCUT2D eigenvalue weighted by Crippen LogP contribution is -2.26. The predicted octanol–water partition coefficient (Wildman–Crippen LogP) is 1.28. The van der Waals surface area contributed by atoms with Crippen LogP contribution in [0.4, 0.5) is 0 Å². The van der Waals surface area contributed by atoms with Gasteiger partial charge >= 0.3 is 5.97 Å². The van der Waals surface area contributed by atoms with Crippen molar-refractivity contribution in [3.8, 4) is 0 Å².